The molecule has 2 rings (SSSR count). The fourth-order valence-electron chi connectivity index (χ4n) is 1.10. The lowest BCUT2D eigenvalue weighted by Gasteiger charge is -2.04. The summed E-state index contributed by atoms with van der Waals surface area (Å²) in [7, 11) is 0. The number of carboxylic acids is 1. The normalized spacial score (nSPS) is 10.0. The number of benzene rings is 1. The van der Waals surface area contributed by atoms with Crippen molar-refractivity contribution in [2.24, 2.45) is 0 Å². The van der Waals surface area contributed by atoms with E-state index >= 15 is 0 Å². The van der Waals surface area contributed by atoms with Crippen LogP contribution in [0.4, 0.5) is 0 Å². The average molecular weight is 188 g/mol. The van der Waals surface area contributed by atoms with Gasteiger partial charge in [0.1, 0.15) is 12.7 Å². The van der Waals surface area contributed by atoms with Crippen molar-refractivity contribution in [1.82, 2.24) is 14.8 Å². The summed E-state index contributed by atoms with van der Waals surface area (Å²) >= 11 is 0. The Kier molecular flexibility index (Phi) is 1.98. The van der Waals surface area contributed by atoms with Gasteiger partial charge in [0, 0.05) is 5.69 Å². The van der Waals surface area contributed by atoms with E-state index in [1.807, 2.05) is 0 Å². The van der Waals surface area contributed by atoms with Crippen LogP contribution in [-0.2, 0) is 0 Å². The van der Waals surface area contributed by atoms with Crippen LogP contribution < -0.4 is 5.11 Å². The van der Waals surface area contributed by atoms with Crippen molar-refractivity contribution in [3.8, 4) is 5.69 Å². The number of hydrogen-bond donors (Lipinski definition) is 0. The van der Waals surface area contributed by atoms with Gasteiger partial charge >= 0.3 is 0 Å². The standard InChI is InChI=1S/C9H7N3O2/c13-9(14)7-1-3-8(4-2-7)12-5-10-11-6-12/h1-6H,(H,13,14)/p-1. The van der Waals surface area contributed by atoms with Crippen LogP contribution in [0.2, 0.25) is 0 Å². The van der Waals surface area contributed by atoms with E-state index in [0.717, 1.165) is 5.69 Å². The number of carboxylic acid groups (broad SMARTS) is 1. The molecule has 0 saturated heterocycles. The predicted molar refractivity (Wildman–Crippen MR) is 45.7 cm³/mol. The number of carbonyl (C=O) groups excluding carboxylic acids is 1. The Morgan fingerprint density at radius 1 is 1.14 bits per heavy atom. The smallest absolute Gasteiger partial charge is 0.123 e. The molecule has 0 aliphatic carbocycles. The lowest BCUT2D eigenvalue weighted by atomic mass is 10.2. The lowest BCUT2D eigenvalue weighted by molar-refractivity contribution is -0.255. The highest BCUT2D eigenvalue weighted by atomic mass is 16.4. The first kappa shape index (κ1) is 8.43. The van der Waals surface area contributed by atoms with Gasteiger partial charge in [-0.15, -0.1) is 10.2 Å². The third-order valence-electron chi connectivity index (χ3n) is 1.82. The van der Waals surface area contributed by atoms with Gasteiger partial charge in [0.15, 0.2) is 0 Å². The minimum absolute atomic E-state index is 0.154. The molecule has 0 amide bonds. The van der Waals surface area contributed by atoms with Crippen molar-refractivity contribution in [3.63, 3.8) is 0 Å². The first-order valence-electron chi connectivity index (χ1n) is 3.94. The van der Waals surface area contributed by atoms with Crippen LogP contribution in [0.3, 0.4) is 0 Å². The number of aromatic carboxylic acids is 1. The fraction of sp³-hybridized carbons (Fsp3) is 0. The van der Waals surface area contributed by atoms with Gasteiger partial charge in [-0.05, 0) is 17.7 Å². The Balaban J connectivity index is 2.36. The summed E-state index contributed by atoms with van der Waals surface area (Å²) in [4.78, 5) is 10.5. The van der Waals surface area contributed by atoms with Gasteiger partial charge in [-0.25, -0.2) is 0 Å². The van der Waals surface area contributed by atoms with Crippen molar-refractivity contribution >= 4 is 5.97 Å². The molecule has 0 bridgehead atoms. The zero-order valence-electron chi connectivity index (χ0n) is 7.12. The Morgan fingerprint density at radius 3 is 2.21 bits per heavy atom. The SMILES string of the molecule is O=C([O-])c1ccc(-n2cnnc2)cc1. The molecule has 1 heterocycles. The molecule has 0 aliphatic rings. The number of carbonyl (C=O) groups is 1. The van der Waals surface area contributed by atoms with Crippen LogP contribution in [0, 0.1) is 0 Å². The molecular formula is C9H6N3O2-. The summed E-state index contributed by atoms with van der Waals surface area (Å²) in [5.74, 6) is -1.18. The molecule has 70 valence electrons. The molecule has 2 aromatic rings. The lowest BCUT2D eigenvalue weighted by Crippen LogP contribution is -2.21. The van der Waals surface area contributed by atoms with Gasteiger partial charge in [0.25, 0.3) is 0 Å². The molecule has 0 N–H and O–H groups in total. The van der Waals surface area contributed by atoms with E-state index in [1.54, 1.807) is 16.7 Å². The van der Waals surface area contributed by atoms with E-state index < -0.39 is 5.97 Å². The fourth-order valence-corrected chi connectivity index (χ4v) is 1.10. The van der Waals surface area contributed by atoms with Crippen molar-refractivity contribution in [2.75, 3.05) is 0 Å². The van der Waals surface area contributed by atoms with Crippen molar-refractivity contribution < 1.29 is 9.90 Å². The first-order chi connectivity index (χ1) is 6.77. The zero-order chi connectivity index (χ0) is 9.97. The molecule has 0 fully saturated rings. The van der Waals surface area contributed by atoms with Gasteiger partial charge in [0.05, 0.1) is 5.97 Å². The molecule has 14 heavy (non-hydrogen) atoms. The molecule has 0 spiro atoms. The highest BCUT2D eigenvalue weighted by Crippen LogP contribution is 2.07. The minimum Gasteiger partial charge on any atom is -0.545 e. The minimum atomic E-state index is -1.18. The highest BCUT2D eigenvalue weighted by Gasteiger charge is 1.96. The Bertz CT molecular complexity index is 434. The molecule has 5 nitrogen and oxygen atoms in total. The van der Waals surface area contributed by atoms with E-state index in [-0.39, 0.29) is 5.56 Å². The first-order valence-corrected chi connectivity index (χ1v) is 3.94. The van der Waals surface area contributed by atoms with E-state index in [2.05, 4.69) is 10.2 Å². The Morgan fingerprint density at radius 2 is 1.71 bits per heavy atom. The topological polar surface area (TPSA) is 70.8 Å². The summed E-state index contributed by atoms with van der Waals surface area (Å²) in [6.07, 6.45) is 3.07. The molecule has 0 atom stereocenters. The van der Waals surface area contributed by atoms with E-state index in [4.69, 9.17) is 0 Å². The average Bonchev–Trinajstić information content (AvgIpc) is 2.71. The second-order valence-corrected chi connectivity index (χ2v) is 2.70. The largest absolute Gasteiger partial charge is 0.545 e. The van der Waals surface area contributed by atoms with Crippen LogP contribution in [-0.4, -0.2) is 20.7 Å². The molecule has 0 saturated carbocycles. The number of nitrogens with zero attached hydrogens (tertiary/aromatic N) is 3. The van der Waals surface area contributed by atoms with Crippen LogP contribution in [0.25, 0.3) is 5.69 Å². The molecule has 0 unspecified atom stereocenters. The third-order valence-corrected chi connectivity index (χ3v) is 1.82. The molecule has 5 heteroatoms. The summed E-state index contributed by atoms with van der Waals surface area (Å²) in [6, 6.07) is 6.28. The van der Waals surface area contributed by atoms with Crippen LogP contribution in [0.5, 0.6) is 0 Å². The predicted octanol–water partition coefficient (Wildman–Crippen LogP) is -0.369. The van der Waals surface area contributed by atoms with E-state index in [0.29, 0.717) is 0 Å². The zero-order valence-corrected chi connectivity index (χ0v) is 7.12. The van der Waals surface area contributed by atoms with Gasteiger partial charge in [0.2, 0.25) is 0 Å². The van der Waals surface area contributed by atoms with Gasteiger partial charge < -0.3 is 9.90 Å². The number of hydrogen-bond acceptors (Lipinski definition) is 4. The third kappa shape index (κ3) is 1.47. The maximum atomic E-state index is 10.5. The second kappa shape index (κ2) is 3.29. The van der Waals surface area contributed by atoms with Gasteiger partial charge in [-0.2, -0.15) is 0 Å². The molecular weight excluding hydrogens is 182 g/mol. The van der Waals surface area contributed by atoms with Gasteiger partial charge in [-0.1, -0.05) is 12.1 Å². The highest BCUT2D eigenvalue weighted by molar-refractivity contribution is 5.85. The quantitative estimate of drug-likeness (QED) is 0.644. The van der Waals surface area contributed by atoms with Crippen molar-refractivity contribution in [3.05, 3.63) is 42.5 Å². The van der Waals surface area contributed by atoms with Crippen molar-refractivity contribution in [1.29, 1.82) is 0 Å². The number of rotatable bonds is 2. The van der Waals surface area contributed by atoms with Crippen molar-refractivity contribution in [2.45, 2.75) is 0 Å². The molecule has 1 aromatic carbocycles. The monoisotopic (exact) mass is 188 g/mol. The molecule has 0 aliphatic heterocycles. The molecule has 1 aromatic heterocycles. The maximum Gasteiger partial charge on any atom is 0.123 e. The summed E-state index contributed by atoms with van der Waals surface area (Å²) in [5, 5.41) is 17.7. The molecule has 0 radical (unpaired) electrons. The van der Waals surface area contributed by atoms with Gasteiger partial charge in [-0.3, -0.25) is 4.57 Å². The van der Waals surface area contributed by atoms with Crippen LogP contribution >= 0.6 is 0 Å². The second-order valence-electron chi connectivity index (χ2n) is 2.70. The summed E-state index contributed by atoms with van der Waals surface area (Å²) in [6.45, 7) is 0. The van der Waals surface area contributed by atoms with Crippen LogP contribution in [0.1, 0.15) is 10.4 Å². The summed E-state index contributed by atoms with van der Waals surface area (Å²) in [5.41, 5.74) is 0.960. The maximum absolute atomic E-state index is 10.5. The Hall–Kier alpha value is -2.17. The number of aromatic nitrogens is 3. The van der Waals surface area contributed by atoms with Crippen LogP contribution in [0.15, 0.2) is 36.9 Å². The van der Waals surface area contributed by atoms with E-state index in [1.165, 1.54) is 24.8 Å². The Labute approximate surface area is 79.6 Å². The summed E-state index contributed by atoms with van der Waals surface area (Å²) < 4.78 is 1.68. The van der Waals surface area contributed by atoms with E-state index in [9.17, 15) is 9.90 Å².